The van der Waals surface area contributed by atoms with Gasteiger partial charge in [-0.15, -0.1) is 0 Å². The van der Waals surface area contributed by atoms with Gasteiger partial charge in [0.1, 0.15) is 5.75 Å². The van der Waals surface area contributed by atoms with Crippen molar-refractivity contribution in [1.29, 1.82) is 0 Å². The number of carbonyl (C=O) groups is 1. The molecule has 1 amide bonds. The molecule has 0 aliphatic carbocycles. The average Bonchev–Trinajstić information content (AvgIpc) is 3.27. The van der Waals surface area contributed by atoms with E-state index in [0.717, 1.165) is 27.2 Å². The van der Waals surface area contributed by atoms with E-state index in [-0.39, 0.29) is 5.91 Å². The van der Waals surface area contributed by atoms with Crippen molar-refractivity contribution in [3.8, 4) is 5.75 Å². The zero-order chi connectivity index (χ0) is 19.7. The minimum atomic E-state index is -0.199. The van der Waals surface area contributed by atoms with Crippen molar-refractivity contribution in [3.05, 3.63) is 65.7 Å². The number of aryl methyl sites for hydroxylation is 2. The Labute approximate surface area is 166 Å². The third-order valence-corrected chi connectivity index (χ3v) is 5.38. The predicted molar refractivity (Wildman–Crippen MR) is 109 cm³/mol. The summed E-state index contributed by atoms with van der Waals surface area (Å²) < 4.78 is 7.91. The second-order valence-corrected chi connectivity index (χ2v) is 7.39. The third-order valence-electron chi connectivity index (χ3n) is 4.32. The lowest BCUT2D eigenvalue weighted by Crippen LogP contribution is -2.31. The highest BCUT2D eigenvalue weighted by Gasteiger charge is 2.25. The molecular formula is C20H19N5O2S. The first-order valence-corrected chi connectivity index (χ1v) is 9.53. The lowest BCUT2D eigenvalue weighted by molar-refractivity contribution is 0.0978. The van der Waals surface area contributed by atoms with E-state index in [1.807, 2.05) is 49.5 Å². The minimum Gasteiger partial charge on any atom is -0.497 e. The summed E-state index contributed by atoms with van der Waals surface area (Å²) in [5, 5.41) is 4.94. The molecule has 0 saturated carbocycles. The van der Waals surface area contributed by atoms with Crippen LogP contribution in [0.15, 0.2) is 48.8 Å². The maximum absolute atomic E-state index is 13.3. The van der Waals surface area contributed by atoms with Gasteiger partial charge < -0.3 is 4.74 Å². The quantitative estimate of drug-likeness (QED) is 0.518. The van der Waals surface area contributed by atoms with E-state index >= 15 is 0 Å². The van der Waals surface area contributed by atoms with E-state index in [1.54, 1.807) is 29.9 Å². The highest BCUT2D eigenvalue weighted by Crippen LogP contribution is 2.32. The topological polar surface area (TPSA) is 73.1 Å². The Hall–Kier alpha value is -3.26. The van der Waals surface area contributed by atoms with Crippen LogP contribution in [0.1, 0.15) is 21.7 Å². The molecule has 0 atom stereocenters. The number of nitrogens with zero attached hydrogens (tertiary/aromatic N) is 5. The molecular weight excluding hydrogens is 374 g/mol. The van der Waals surface area contributed by atoms with E-state index < -0.39 is 0 Å². The Morgan fingerprint density at radius 1 is 1.29 bits per heavy atom. The van der Waals surface area contributed by atoms with Crippen molar-refractivity contribution in [2.24, 2.45) is 7.05 Å². The van der Waals surface area contributed by atoms with Crippen molar-refractivity contribution < 1.29 is 9.53 Å². The van der Waals surface area contributed by atoms with Gasteiger partial charge in [-0.2, -0.15) is 5.10 Å². The number of anilines is 1. The van der Waals surface area contributed by atoms with Crippen molar-refractivity contribution in [2.75, 3.05) is 12.0 Å². The number of hydrogen-bond acceptors (Lipinski definition) is 6. The molecule has 142 valence electrons. The van der Waals surface area contributed by atoms with Crippen LogP contribution in [0.25, 0.3) is 10.2 Å². The molecule has 3 aromatic heterocycles. The number of aromatic nitrogens is 4. The number of benzene rings is 1. The highest BCUT2D eigenvalue weighted by atomic mass is 32.1. The smallest absolute Gasteiger partial charge is 0.281 e. The summed E-state index contributed by atoms with van der Waals surface area (Å²) >= 11 is 1.46. The molecule has 0 N–H and O–H groups in total. The summed E-state index contributed by atoms with van der Waals surface area (Å²) in [7, 11) is 3.42. The van der Waals surface area contributed by atoms with Gasteiger partial charge in [0.2, 0.25) is 0 Å². The largest absolute Gasteiger partial charge is 0.497 e. The van der Waals surface area contributed by atoms with Gasteiger partial charge in [-0.1, -0.05) is 17.4 Å². The Morgan fingerprint density at radius 3 is 2.82 bits per heavy atom. The third kappa shape index (κ3) is 3.46. The van der Waals surface area contributed by atoms with Crippen LogP contribution in [0.3, 0.4) is 0 Å². The van der Waals surface area contributed by atoms with Gasteiger partial charge in [0.25, 0.3) is 5.91 Å². The summed E-state index contributed by atoms with van der Waals surface area (Å²) in [6, 6.07) is 11.3. The lowest BCUT2D eigenvalue weighted by Gasteiger charge is -2.18. The number of rotatable bonds is 5. The van der Waals surface area contributed by atoms with E-state index in [9.17, 15) is 4.79 Å². The molecule has 0 bridgehead atoms. The molecule has 1 aromatic carbocycles. The predicted octanol–water partition coefficient (Wildman–Crippen LogP) is 3.59. The van der Waals surface area contributed by atoms with Crippen LogP contribution in [0.4, 0.5) is 5.13 Å². The fraction of sp³-hybridized carbons (Fsp3) is 0.200. The number of thiazole rings is 1. The summed E-state index contributed by atoms with van der Waals surface area (Å²) in [5.41, 5.74) is 2.80. The Kier molecular flexibility index (Phi) is 4.79. The molecule has 0 aliphatic heterocycles. The Balaban J connectivity index is 1.78. The second kappa shape index (κ2) is 7.40. The fourth-order valence-corrected chi connectivity index (χ4v) is 3.91. The molecule has 8 heteroatoms. The van der Waals surface area contributed by atoms with E-state index in [2.05, 4.69) is 15.1 Å². The summed E-state index contributed by atoms with van der Waals surface area (Å²) in [6.45, 7) is 2.19. The van der Waals surface area contributed by atoms with Crippen LogP contribution in [-0.4, -0.2) is 32.8 Å². The van der Waals surface area contributed by atoms with Gasteiger partial charge >= 0.3 is 0 Å². The molecule has 4 rings (SSSR count). The van der Waals surface area contributed by atoms with Crippen LogP contribution >= 0.6 is 11.3 Å². The number of amides is 1. The monoisotopic (exact) mass is 393 g/mol. The van der Waals surface area contributed by atoms with Crippen molar-refractivity contribution >= 4 is 32.6 Å². The highest BCUT2D eigenvalue weighted by molar-refractivity contribution is 7.22. The van der Waals surface area contributed by atoms with Gasteiger partial charge in [-0.25, -0.2) is 4.98 Å². The minimum absolute atomic E-state index is 0.199. The standard InChI is InChI=1S/C20H19N5O2S/c1-13-11-24(2)23-18(13)19(26)25(12-14-6-4-5-9-21-14)20-22-16-10-15(27-3)7-8-17(16)28-20/h4-11H,12H2,1-3H3. The molecule has 7 nitrogen and oxygen atoms in total. The number of pyridine rings is 1. The van der Waals surface area contributed by atoms with Crippen LogP contribution in [0, 0.1) is 6.92 Å². The molecule has 0 unspecified atom stereocenters. The molecule has 0 radical (unpaired) electrons. The molecule has 0 saturated heterocycles. The fourth-order valence-electron chi connectivity index (χ4n) is 2.96. The maximum atomic E-state index is 13.3. The zero-order valence-corrected chi connectivity index (χ0v) is 16.6. The molecule has 0 spiro atoms. The van der Waals surface area contributed by atoms with Gasteiger partial charge in [0, 0.05) is 31.1 Å². The van der Waals surface area contributed by atoms with Crippen molar-refractivity contribution in [2.45, 2.75) is 13.5 Å². The second-order valence-electron chi connectivity index (χ2n) is 6.38. The van der Waals surface area contributed by atoms with Gasteiger partial charge in [-0.05, 0) is 31.2 Å². The number of carbonyl (C=O) groups excluding carboxylic acids is 1. The molecule has 0 aliphatic rings. The van der Waals surface area contributed by atoms with E-state index in [1.165, 1.54) is 11.3 Å². The van der Waals surface area contributed by atoms with Crippen LogP contribution in [0.2, 0.25) is 0 Å². The first-order chi connectivity index (χ1) is 13.5. The van der Waals surface area contributed by atoms with Gasteiger partial charge in [-0.3, -0.25) is 19.4 Å². The van der Waals surface area contributed by atoms with E-state index in [4.69, 9.17) is 4.74 Å². The molecule has 4 aromatic rings. The van der Waals surface area contributed by atoms with Crippen LogP contribution in [0.5, 0.6) is 5.75 Å². The van der Waals surface area contributed by atoms with Crippen LogP contribution in [-0.2, 0) is 13.6 Å². The molecule has 3 heterocycles. The molecule has 28 heavy (non-hydrogen) atoms. The summed E-state index contributed by atoms with van der Waals surface area (Å²) in [6.07, 6.45) is 3.54. The van der Waals surface area contributed by atoms with Crippen LogP contribution < -0.4 is 9.64 Å². The first kappa shape index (κ1) is 18.1. The number of hydrogen-bond donors (Lipinski definition) is 0. The van der Waals surface area contributed by atoms with E-state index in [0.29, 0.717) is 17.4 Å². The van der Waals surface area contributed by atoms with Crippen molar-refractivity contribution in [3.63, 3.8) is 0 Å². The number of methoxy groups -OCH3 is 1. The van der Waals surface area contributed by atoms with Crippen molar-refractivity contribution in [1.82, 2.24) is 19.7 Å². The lowest BCUT2D eigenvalue weighted by atomic mass is 10.2. The Morgan fingerprint density at radius 2 is 2.14 bits per heavy atom. The number of ether oxygens (including phenoxy) is 1. The SMILES string of the molecule is COc1ccc2sc(N(Cc3ccccn3)C(=O)c3nn(C)cc3C)nc2c1. The van der Waals surface area contributed by atoms with Gasteiger partial charge in [0.05, 0.1) is 29.6 Å². The Bertz CT molecular complexity index is 1140. The van der Waals surface area contributed by atoms with Gasteiger partial charge in [0.15, 0.2) is 10.8 Å². The average molecular weight is 393 g/mol. The molecule has 0 fully saturated rings. The first-order valence-electron chi connectivity index (χ1n) is 8.72. The summed E-state index contributed by atoms with van der Waals surface area (Å²) in [5.74, 6) is 0.530. The number of fused-ring (bicyclic) bond motifs is 1. The summed E-state index contributed by atoms with van der Waals surface area (Å²) in [4.78, 5) is 24.0. The normalized spacial score (nSPS) is 11.0. The maximum Gasteiger partial charge on any atom is 0.281 e. The zero-order valence-electron chi connectivity index (χ0n) is 15.8.